The molecular formula is C9H18N2O3. The monoisotopic (exact) mass is 202 g/mol. The standard InChI is InChI=1S/C9H18N2O3/c10-8(5-12)9(14)11-6-1-3-7(13)4-2-6/h6-8,12-13H,1-5,10H2,(H,11,14)/t6-,7+,8-/m1/s1. The average Bonchev–Trinajstić information content (AvgIpc) is 2.20. The third-order valence-electron chi connectivity index (χ3n) is 2.58. The van der Waals surface area contributed by atoms with E-state index in [9.17, 15) is 9.90 Å². The SMILES string of the molecule is N[C@H](CO)C(=O)N[C@H]1CC[C@@H](O)CC1. The molecule has 14 heavy (non-hydrogen) atoms. The minimum absolute atomic E-state index is 0.100. The van der Waals surface area contributed by atoms with Crippen LogP contribution in [0.15, 0.2) is 0 Å². The highest BCUT2D eigenvalue weighted by Crippen LogP contribution is 2.18. The van der Waals surface area contributed by atoms with Gasteiger partial charge < -0.3 is 21.3 Å². The van der Waals surface area contributed by atoms with Gasteiger partial charge in [-0.05, 0) is 25.7 Å². The second-order valence-corrected chi connectivity index (χ2v) is 3.80. The highest BCUT2D eigenvalue weighted by atomic mass is 16.3. The van der Waals surface area contributed by atoms with Crippen molar-refractivity contribution in [2.45, 2.75) is 43.9 Å². The molecule has 1 aliphatic rings. The quantitative estimate of drug-likeness (QED) is 0.458. The van der Waals surface area contributed by atoms with Gasteiger partial charge in [0.25, 0.3) is 0 Å². The van der Waals surface area contributed by atoms with Crippen molar-refractivity contribution in [3.63, 3.8) is 0 Å². The van der Waals surface area contributed by atoms with E-state index in [0.717, 1.165) is 25.7 Å². The summed E-state index contributed by atoms with van der Waals surface area (Å²) in [5.41, 5.74) is 5.35. The van der Waals surface area contributed by atoms with E-state index in [4.69, 9.17) is 10.8 Å². The summed E-state index contributed by atoms with van der Waals surface area (Å²) in [6.07, 6.45) is 2.78. The summed E-state index contributed by atoms with van der Waals surface area (Å²) < 4.78 is 0. The smallest absolute Gasteiger partial charge is 0.239 e. The Bertz CT molecular complexity index is 190. The molecule has 1 saturated carbocycles. The molecule has 1 rings (SSSR count). The van der Waals surface area contributed by atoms with E-state index in [0.29, 0.717) is 0 Å². The van der Waals surface area contributed by atoms with Crippen LogP contribution in [0.2, 0.25) is 0 Å². The fraction of sp³-hybridized carbons (Fsp3) is 0.889. The number of nitrogens with one attached hydrogen (secondary N) is 1. The molecule has 5 nitrogen and oxygen atoms in total. The molecular weight excluding hydrogens is 184 g/mol. The van der Waals surface area contributed by atoms with Gasteiger partial charge in [-0.3, -0.25) is 4.79 Å². The number of rotatable bonds is 3. The summed E-state index contributed by atoms with van der Waals surface area (Å²) in [5.74, 6) is -0.311. The van der Waals surface area contributed by atoms with Crippen molar-refractivity contribution in [1.29, 1.82) is 0 Å². The van der Waals surface area contributed by atoms with Gasteiger partial charge in [0, 0.05) is 6.04 Å². The summed E-state index contributed by atoms with van der Waals surface area (Å²) in [6.45, 7) is -0.332. The van der Waals surface area contributed by atoms with Gasteiger partial charge in [-0.15, -0.1) is 0 Å². The number of hydrogen-bond donors (Lipinski definition) is 4. The lowest BCUT2D eigenvalue weighted by Crippen LogP contribution is -2.48. The molecule has 1 aliphatic carbocycles. The normalized spacial score (nSPS) is 29.6. The maximum atomic E-state index is 11.3. The Morgan fingerprint density at radius 2 is 2.00 bits per heavy atom. The fourth-order valence-electron chi connectivity index (χ4n) is 1.61. The number of nitrogens with two attached hydrogens (primary N) is 1. The van der Waals surface area contributed by atoms with Crippen LogP contribution in [0.1, 0.15) is 25.7 Å². The lowest BCUT2D eigenvalue weighted by molar-refractivity contribution is -0.124. The van der Waals surface area contributed by atoms with Gasteiger partial charge in [0.05, 0.1) is 12.7 Å². The largest absolute Gasteiger partial charge is 0.394 e. The molecule has 0 saturated heterocycles. The zero-order chi connectivity index (χ0) is 10.6. The van der Waals surface area contributed by atoms with Crippen LogP contribution in [0.5, 0.6) is 0 Å². The van der Waals surface area contributed by atoms with Crippen molar-refractivity contribution in [3.8, 4) is 0 Å². The third-order valence-corrected chi connectivity index (χ3v) is 2.58. The molecule has 0 bridgehead atoms. The molecule has 82 valence electrons. The number of aliphatic hydroxyl groups excluding tert-OH is 2. The molecule has 0 unspecified atom stereocenters. The molecule has 0 aromatic rings. The lowest BCUT2D eigenvalue weighted by Gasteiger charge is -2.26. The average molecular weight is 202 g/mol. The van der Waals surface area contributed by atoms with Crippen LogP contribution in [-0.2, 0) is 4.79 Å². The molecule has 1 atom stereocenters. The maximum Gasteiger partial charge on any atom is 0.239 e. The van der Waals surface area contributed by atoms with Gasteiger partial charge in [-0.25, -0.2) is 0 Å². The first-order chi connectivity index (χ1) is 6.63. The molecule has 1 fully saturated rings. The number of carbonyl (C=O) groups excluding carboxylic acids is 1. The van der Waals surface area contributed by atoms with Crippen LogP contribution < -0.4 is 11.1 Å². The fourth-order valence-corrected chi connectivity index (χ4v) is 1.61. The Morgan fingerprint density at radius 1 is 1.43 bits per heavy atom. The molecule has 0 aromatic heterocycles. The first-order valence-corrected chi connectivity index (χ1v) is 4.98. The third kappa shape index (κ3) is 3.25. The topological polar surface area (TPSA) is 95.6 Å². The van der Waals surface area contributed by atoms with Gasteiger partial charge in [0.2, 0.25) is 5.91 Å². The van der Waals surface area contributed by atoms with Gasteiger partial charge >= 0.3 is 0 Å². The molecule has 1 amide bonds. The van der Waals surface area contributed by atoms with Crippen molar-refractivity contribution in [2.75, 3.05) is 6.61 Å². The highest BCUT2D eigenvalue weighted by molar-refractivity contribution is 5.81. The molecule has 0 radical (unpaired) electrons. The Hall–Kier alpha value is -0.650. The Balaban J connectivity index is 2.27. The maximum absolute atomic E-state index is 11.3. The van der Waals surface area contributed by atoms with Crippen LogP contribution in [0.25, 0.3) is 0 Å². The van der Waals surface area contributed by atoms with Crippen LogP contribution in [-0.4, -0.2) is 40.9 Å². The zero-order valence-corrected chi connectivity index (χ0v) is 8.15. The number of amides is 1. The van der Waals surface area contributed by atoms with E-state index in [2.05, 4.69) is 5.32 Å². The second-order valence-electron chi connectivity index (χ2n) is 3.80. The first kappa shape index (κ1) is 11.4. The Labute approximate surface area is 83.3 Å². The van der Waals surface area contributed by atoms with Crippen LogP contribution in [0.4, 0.5) is 0 Å². The van der Waals surface area contributed by atoms with Crippen molar-refractivity contribution >= 4 is 5.91 Å². The number of aliphatic hydroxyl groups is 2. The first-order valence-electron chi connectivity index (χ1n) is 4.98. The predicted octanol–water partition coefficient (Wildman–Crippen LogP) is -1.27. The minimum atomic E-state index is -0.832. The zero-order valence-electron chi connectivity index (χ0n) is 8.15. The van der Waals surface area contributed by atoms with Crippen LogP contribution in [0, 0.1) is 0 Å². The van der Waals surface area contributed by atoms with Gasteiger partial charge in [0.1, 0.15) is 6.04 Å². The molecule has 0 aliphatic heterocycles. The molecule has 0 heterocycles. The second kappa shape index (κ2) is 5.29. The molecule has 5 heteroatoms. The Kier molecular flexibility index (Phi) is 4.31. The summed E-state index contributed by atoms with van der Waals surface area (Å²) >= 11 is 0. The summed E-state index contributed by atoms with van der Waals surface area (Å²) in [7, 11) is 0. The summed E-state index contributed by atoms with van der Waals surface area (Å²) in [6, 6.07) is -0.731. The van der Waals surface area contributed by atoms with Crippen molar-refractivity contribution in [2.24, 2.45) is 5.73 Å². The molecule has 0 aromatic carbocycles. The van der Waals surface area contributed by atoms with E-state index in [1.54, 1.807) is 0 Å². The number of carbonyl (C=O) groups is 1. The Morgan fingerprint density at radius 3 is 2.50 bits per heavy atom. The van der Waals surface area contributed by atoms with Gasteiger partial charge in [-0.1, -0.05) is 0 Å². The highest BCUT2D eigenvalue weighted by Gasteiger charge is 2.22. The van der Waals surface area contributed by atoms with Crippen molar-refractivity contribution < 1.29 is 15.0 Å². The van der Waals surface area contributed by atoms with E-state index in [-0.39, 0.29) is 24.7 Å². The predicted molar refractivity (Wildman–Crippen MR) is 51.5 cm³/mol. The lowest BCUT2D eigenvalue weighted by atomic mass is 9.93. The van der Waals surface area contributed by atoms with Gasteiger partial charge in [-0.2, -0.15) is 0 Å². The van der Waals surface area contributed by atoms with Crippen LogP contribution >= 0.6 is 0 Å². The van der Waals surface area contributed by atoms with Crippen molar-refractivity contribution in [3.05, 3.63) is 0 Å². The van der Waals surface area contributed by atoms with Crippen molar-refractivity contribution in [1.82, 2.24) is 5.32 Å². The molecule has 0 spiro atoms. The minimum Gasteiger partial charge on any atom is -0.394 e. The van der Waals surface area contributed by atoms with Crippen LogP contribution in [0.3, 0.4) is 0 Å². The number of hydrogen-bond acceptors (Lipinski definition) is 4. The van der Waals surface area contributed by atoms with E-state index >= 15 is 0 Å². The van der Waals surface area contributed by atoms with E-state index in [1.165, 1.54) is 0 Å². The summed E-state index contributed by atoms with van der Waals surface area (Å²) in [4.78, 5) is 11.3. The van der Waals surface area contributed by atoms with E-state index < -0.39 is 6.04 Å². The summed E-state index contributed by atoms with van der Waals surface area (Å²) in [5, 5.41) is 20.6. The van der Waals surface area contributed by atoms with E-state index in [1.807, 2.05) is 0 Å². The van der Waals surface area contributed by atoms with Gasteiger partial charge in [0.15, 0.2) is 0 Å². The molecule has 5 N–H and O–H groups in total.